The lowest BCUT2D eigenvalue weighted by atomic mass is 10.1. The van der Waals surface area contributed by atoms with E-state index in [0.29, 0.717) is 0 Å². The van der Waals surface area contributed by atoms with Crippen LogP contribution in [0.3, 0.4) is 0 Å². The summed E-state index contributed by atoms with van der Waals surface area (Å²) in [6.45, 7) is 2.25. The zero-order chi connectivity index (χ0) is 15.8. The molecule has 124 valence electrons. The van der Waals surface area contributed by atoms with Gasteiger partial charge in [0.2, 0.25) is 0 Å². The molecule has 0 rings (SSSR count). The van der Waals surface area contributed by atoms with Gasteiger partial charge < -0.3 is 10.2 Å². The number of carboxylic acid groups (broad SMARTS) is 1. The first-order valence-corrected chi connectivity index (χ1v) is 8.74. The van der Waals surface area contributed by atoms with Crippen molar-refractivity contribution in [1.29, 1.82) is 0 Å². The zero-order valence-corrected chi connectivity index (χ0v) is 13.7. The van der Waals surface area contributed by atoms with Gasteiger partial charge in [-0.2, -0.15) is 0 Å². The van der Waals surface area contributed by atoms with Crippen LogP contribution in [0.15, 0.2) is 12.2 Å². The molecule has 0 spiro atoms. The highest BCUT2D eigenvalue weighted by atomic mass is 16.4. The van der Waals surface area contributed by atoms with Crippen LogP contribution in [0.5, 0.6) is 0 Å². The van der Waals surface area contributed by atoms with Gasteiger partial charge >= 0.3 is 5.97 Å². The SMILES string of the molecule is CCCCCCCCCCCCCC=CCC(O)C(=O)O. The Morgan fingerprint density at radius 2 is 1.33 bits per heavy atom. The molecular weight excluding hydrogens is 264 g/mol. The van der Waals surface area contributed by atoms with Crippen LogP contribution in [0, 0.1) is 0 Å². The molecule has 0 bridgehead atoms. The summed E-state index contributed by atoms with van der Waals surface area (Å²) >= 11 is 0. The summed E-state index contributed by atoms with van der Waals surface area (Å²) in [6, 6.07) is 0. The third kappa shape index (κ3) is 15.4. The molecule has 0 fully saturated rings. The molecule has 1 atom stereocenters. The van der Waals surface area contributed by atoms with Crippen LogP contribution in [0.25, 0.3) is 0 Å². The standard InChI is InChI=1S/C18H34O3/c1-2-3-4-5-6-7-8-9-10-11-12-13-14-15-16-17(19)18(20)21/h14-15,17,19H,2-13,16H2,1H3,(H,20,21). The van der Waals surface area contributed by atoms with Gasteiger partial charge in [0.05, 0.1) is 0 Å². The largest absolute Gasteiger partial charge is 0.479 e. The Morgan fingerprint density at radius 3 is 1.81 bits per heavy atom. The van der Waals surface area contributed by atoms with Gasteiger partial charge in [-0.25, -0.2) is 4.79 Å². The number of hydrogen-bond acceptors (Lipinski definition) is 2. The Labute approximate surface area is 130 Å². The first-order valence-electron chi connectivity index (χ1n) is 8.74. The van der Waals surface area contributed by atoms with E-state index in [0.717, 1.165) is 12.8 Å². The Balaban J connectivity index is 3.15. The topological polar surface area (TPSA) is 57.5 Å². The highest BCUT2D eigenvalue weighted by Gasteiger charge is 2.09. The molecule has 0 aromatic carbocycles. The minimum absolute atomic E-state index is 0.216. The fourth-order valence-electron chi connectivity index (χ4n) is 2.37. The number of carbonyl (C=O) groups is 1. The van der Waals surface area contributed by atoms with Crippen molar-refractivity contribution < 1.29 is 15.0 Å². The predicted octanol–water partition coefficient (Wildman–Crippen LogP) is 5.08. The van der Waals surface area contributed by atoms with Crippen LogP contribution in [-0.2, 0) is 4.79 Å². The zero-order valence-electron chi connectivity index (χ0n) is 13.7. The Bertz CT molecular complexity index is 261. The second kappa shape index (κ2) is 15.6. The van der Waals surface area contributed by atoms with Gasteiger partial charge in [0.1, 0.15) is 0 Å². The van der Waals surface area contributed by atoms with E-state index in [9.17, 15) is 4.79 Å². The molecule has 3 nitrogen and oxygen atoms in total. The molecule has 3 heteroatoms. The van der Waals surface area contributed by atoms with E-state index < -0.39 is 12.1 Å². The summed E-state index contributed by atoms with van der Waals surface area (Å²) in [5.74, 6) is -1.14. The monoisotopic (exact) mass is 298 g/mol. The van der Waals surface area contributed by atoms with Crippen LogP contribution in [0.2, 0.25) is 0 Å². The average molecular weight is 298 g/mol. The molecule has 0 heterocycles. The van der Waals surface area contributed by atoms with Crippen LogP contribution in [-0.4, -0.2) is 22.3 Å². The van der Waals surface area contributed by atoms with E-state index in [-0.39, 0.29) is 6.42 Å². The number of hydrogen-bond donors (Lipinski definition) is 2. The lowest BCUT2D eigenvalue weighted by molar-refractivity contribution is -0.146. The molecule has 0 aromatic rings. The molecule has 0 aliphatic heterocycles. The maximum Gasteiger partial charge on any atom is 0.332 e. The van der Waals surface area contributed by atoms with Crippen molar-refractivity contribution in [1.82, 2.24) is 0 Å². The summed E-state index contributed by atoms with van der Waals surface area (Å²) in [7, 11) is 0. The van der Waals surface area contributed by atoms with Crippen LogP contribution in [0.1, 0.15) is 90.4 Å². The van der Waals surface area contributed by atoms with Crippen molar-refractivity contribution in [3.05, 3.63) is 12.2 Å². The van der Waals surface area contributed by atoms with Gasteiger partial charge in [-0.15, -0.1) is 0 Å². The molecule has 2 N–H and O–H groups in total. The maximum absolute atomic E-state index is 10.4. The summed E-state index contributed by atoms with van der Waals surface area (Å²) in [4.78, 5) is 10.4. The Hall–Kier alpha value is -0.830. The van der Waals surface area contributed by atoms with Crippen LogP contribution in [0.4, 0.5) is 0 Å². The van der Waals surface area contributed by atoms with Gasteiger partial charge in [-0.05, 0) is 12.8 Å². The highest BCUT2D eigenvalue weighted by molar-refractivity contribution is 5.72. The summed E-state index contributed by atoms with van der Waals surface area (Å²) in [5.41, 5.74) is 0. The summed E-state index contributed by atoms with van der Waals surface area (Å²) in [6.07, 6.45) is 18.4. The van der Waals surface area contributed by atoms with Crippen molar-refractivity contribution >= 4 is 5.97 Å². The third-order valence-corrected chi connectivity index (χ3v) is 3.79. The molecule has 0 amide bonds. The predicted molar refractivity (Wildman–Crippen MR) is 88.5 cm³/mol. The molecule has 0 saturated heterocycles. The van der Waals surface area contributed by atoms with E-state index in [4.69, 9.17) is 10.2 Å². The second-order valence-corrected chi connectivity index (χ2v) is 5.89. The number of carboxylic acids is 1. The summed E-state index contributed by atoms with van der Waals surface area (Å²) in [5, 5.41) is 17.6. The van der Waals surface area contributed by atoms with Crippen LogP contribution < -0.4 is 0 Å². The minimum Gasteiger partial charge on any atom is -0.479 e. The smallest absolute Gasteiger partial charge is 0.332 e. The fraction of sp³-hybridized carbons (Fsp3) is 0.833. The maximum atomic E-state index is 10.4. The van der Waals surface area contributed by atoms with Gasteiger partial charge in [-0.1, -0.05) is 83.3 Å². The lowest BCUT2D eigenvalue weighted by Crippen LogP contribution is -2.17. The minimum atomic E-state index is -1.25. The molecule has 0 aliphatic rings. The Kier molecular flexibility index (Phi) is 14.9. The first-order chi connectivity index (χ1) is 10.2. The van der Waals surface area contributed by atoms with Crippen molar-refractivity contribution in [3.8, 4) is 0 Å². The van der Waals surface area contributed by atoms with E-state index in [1.807, 2.05) is 6.08 Å². The van der Waals surface area contributed by atoms with Crippen molar-refractivity contribution in [3.63, 3.8) is 0 Å². The van der Waals surface area contributed by atoms with Crippen molar-refractivity contribution in [2.45, 2.75) is 96.5 Å². The molecule has 0 aromatic heterocycles. The third-order valence-electron chi connectivity index (χ3n) is 3.79. The quantitative estimate of drug-likeness (QED) is 0.327. The molecule has 21 heavy (non-hydrogen) atoms. The van der Waals surface area contributed by atoms with Gasteiger partial charge in [0, 0.05) is 6.42 Å². The summed E-state index contributed by atoms with van der Waals surface area (Å²) < 4.78 is 0. The number of unbranched alkanes of at least 4 members (excludes halogenated alkanes) is 11. The van der Waals surface area contributed by atoms with E-state index in [2.05, 4.69) is 6.92 Å². The number of aliphatic hydroxyl groups excluding tert-OH is 1. The number of aliphatic carboxylic acids is 1. The van der Waals surface area contributed by atoms with E-state index >= 15 is 0 Å². The molecule has 0 aliphatic carbocycles. The number of aliphatic hydroxyl groups is 1. The first kappa shape index (κ1) is 20.2. The highest BCUT2D eigenvalue weighted by Crippen LogP contribution is 2.12. The normalized spacial score (nSPS) is 12.9. The second-order valence-electron chi connectivity index (χ2n) is 5.89. The van der Waals surface area contributed by atoms with Gasteiger partial charge in [0.15, 0.2) is 6.10 Å². The molecule has 0 saturated carbocycles. The fourth-order valence-corrected chi connectivity index (χ4v) is 2.37. The lowest BCUT2D eigenvalue weighted by Gasteiger charge is -2.02. The van der Waals surface area contributed by atoms with Crippen LogP contribution >= 0.6 is 0 Å². The van der Waals surface area contributed by atoms with E-state index in [1.54, 1.807) is 6.08 Å². The number of allylic oxidation sites excluding steroid dienone is 1. The van der Waals surface area contributed by atoms with Crippen molar-refractivity contribution in [2.75, 3.05) is 0 Å². The average Bonchev–Trinajstić information content (AvgIpc) is 2.47. The van der Waals surface area contributed by atoms with Gasteiger partial charge in [0.25, 0.3) is 0 Å². The molecule has 0 radical (unpaired) electrons. The van der Waals surface area contributed by atoms with E-state index in [1.165, 1.54) is 64.2 Å². The number of rotatable bonds is 15. The molecular formula is C18H34O3. The Morgan fingerprint density at radius 1 is 0.857 bits per heavy atom. The molecule has 1 unspecified atom stereocenters. The van der Waals surface area contributed by atoms with Gasteiger partial charge in [-0.3, -0.25) is 0 Å². The van der Waals surface area contributed by atoms with Crippen molar-refractivity contribution in [2.24, 2.45) is 0 Å².